The van der Waals surface area contributed by atoms with Gasteiger partial charge in [-0.15, -0.1) is 0 Å². The highest BCUT2D eigenvalue weighted by atomic mass is 35.5. The van der Waals surface area contributed by atoms with Crippen LogP contribution in [0.2, 0.25) is 5.02 Å². The van der Waals surface area contributed by atoms with E-state index in [0.717, 1.165) is 28.1 Å². The molecule has 0 aliphatic carbocycles. The monoisotopic (exact) mass is 438 g/mol. The van der Waals surface area contributed by atoms with Gasteiger partial charge in [-0.05, 0) is 64.4 Å². The van der Waals surface area contributed by atoms with Gasteiger partial charge in [0, 0.05) is 28.5 Å². The Morgan fingerprint density at radius 3 is 2.32 bits per heavy atom. The van der Waals surface area contributed by atoms with Crippen molar-refractivity contribution in [1.29, 1.82) is 0 Å². The maximum atomic E-state index is 13.1. The molecule has 7 heteroatoms. The van der Waals surface area contributed by atoms with Gasteiger partial charge in [-0.2, -0.15) is 5.10 Å². The lowest BCUT2D eigenvalue weighted by Gasteiger charge is -2.42. The molecule has 0 N–H and O–H groups in total. The van der Waals surface area contributed by atoms with E-state index in [1.54, 1.807) is 17.3 Å². The number of nitrogens with zero attached hydrogens (tertiary/aromatic N) is 4. The minimum Gasteiger partial charge on any atom is -0.444 e. The van der Waals surface area contributed by atoms with Gasteiger partial charge >= 0.3 is 6.09 Å². The van der Waals surface area contributed by atoms with Crippen LogP contribution in [0.1, 0.15) is 40.3 Å². The second kappa shape index (κ2) is 7.68. The summed E-state index contributed by atoms with van der Waals surface area (Å²) in [4.78, 5) is 19.0. The summed E-state index contributed by atoms with van der Waals surface area (Å²) in [6.45, 7) is 10.7. The first-order chi connectivity index (χ1) is 14.5. The molecule has 3 heterocycles. The van der Waals surface area contributed by atoms with Gasteiger partial charge in [-0.1, -0.05) is 23.7 Å². The van der Waals surface area contributed by atoms with Gasteiger partial charge in [0.1, 0.15) is 11.3 Å². The maximum absolute atomic E-state index is 13.1. The summed E-state index contributed by atoms with van der Waals surface area (Å²) in [6.07, 6.45) is 3.21. The van der Waals surface area contributed by atoms with Crippen LogP contribution in [0.25, 0.3) is 22.4 Å². The summed E-state index contributed by atoms with van der Waals surface area (Å²) in [7, 11) is 0. The molecule has 1 aliphatic rings. The Kier molecular flexibility index (Phi) is 5.30. The lowest BCUT2D eigenvalue weighted by molar-refractivity contribution is -0.0110. The highest BCUT2D eigenvalue weighted by Gasteiger charge is 2.41. The zero-order valence-electron chi connectivity index (χ0n) is 18.5. The molecule has 1 aliphatic heterocycles. The number of pyridine rings is 1. The van der Waals surface area contributed by atoms with E-state index in [9.17, 15) is 4.79 Å². The van der Waals surface area contributed by atoms with E-state index in [4.69, 9.17) is 21.4 Å². The Hall–Kier alpha value is -2.86. The fraction of sp³-hybridized carbons (Fsp3) is 0.375. The lowest BCUT2D eigenvalue weighted by Crippen LogP contribution is -2.54. The lowest BCUT2D eigenvalue weighted by atomic mass is 9.95. The SMILES string of the molecule is CC(C)(C)OC(=O)N1Cc2c(-c3ccncc3)c(-c3ccc(Cl)cc3)nn2CC1(C)C. The van der Waals surface area contributed by atoms with Gasteiger partial charge in [-0.25, -0.2) is 4.79 Å². The number of carbonyl (C=O) groups excluding carboxylic acids is 1. The third kappa shape index (κ3) is 4.30. The molecule has 1 amide bonds. The molecule has 4 rings (SSSR count). The first kappa shape index (κ1) is 21.4. The number of fused-ring (bicyclic) bond motifs is 1. The second-order valence-corrected chi connectivity index (χ2v) is 9.89. The Labute approximate surface area is 187 Å². The number of benzene rings is 1. The highest BCUT2D eigenvalue weighted by molar-refractivity contribution is 6.30. The predicted molar refractivity (Wildman–Crippen MR) is 122 cm³/mol. The fourth-order valence-corrected chi connectivity index (χ4v) is 3.99. The molecule has 0 unspecified atom stereocenters. The van der Waals surface area contributed by atoms with E-state index in [1.807, 2.05) is 75.7 Å². The van der Waals surface area contributed by atoms with Crippen LogP contribution >= 0.6 is 11.6 Å². The molecular formula is C24H27ClN4O2. The van der Waals surface area contributed by atoms with Crippen molar-refractivity contribution in [2.75, 3.05) is 0 Å². The number of halogens is 1. The number of amides is 1. The van der Waals surface area contributed by atoms with Crippen LogP contribution in [0.3, 0.4) is 0 Å². The van der Waals surface area contributed by atoms with E-state index < -0.39 is 11.1 Å². The zero-order chi connectivity index (χ0) is 22.4. The van der Waals surface area contributed by atoms with E-state index in [2.05, 4.69) is 4.98 Å². The Bertz CT molecular complexity index is 1100. The Balaban J connectivity index is 1.85. The number of hydrogen-bond donors (Lipinski definition) is 0. The largest absolute Gasteiger partial charge is 0.444 e. The van der Waals surface area contributed by atoms with Gasteiger partial charge in [0.25, 0.3) is 0 Å². The van der Waals surface area contributed by atoms with Crippen molar-refractivity contribution in [3.05, 3.63) is 59.5 Å². The Morgan fingerprint density at radius 1 is 1.06 bits per heavy atom. The van der Waals surface area contributed by atoms with Crippen molar-refractivity contribution < 1.29 is 9.53 Å². The van der Waals surface area contributed by atoms with Crippen molar-refractivity contribution in [3.63, 3.8) is 0 Å². The molecule has 1 aromatic carbocycles. The molecule has 0 radical (unpaired) electrons. The molecule has 31 heavy (non-hydrogen) atoms. The van der Waals surface area contributed by atoms with Gasteiger partial charge in [0.2, 0.25) is 0 Å². The minimum atomic E-state index is -0.562. The van der Waals surface area contributed by atoms with Crippen molar-refractivity contribution in [3.8, 4) is 22.4 Å². The summed E-state index contributed by atoms with van der Waals surface area (Å²) in [5.41, 5.74) is 3.79. The van der Waals surface area contributed by atoms with E-state index in [0.29, 0.717) is 18.1 Å². The molecule has 6 nitrogen and oxygen atoms in total. The molecule has 3 aromatic rings. The van der Waals surface area contributed by atoms with E-state index in [-0.39, 0.29) is 6.09 Å². The molecule has 0 saturated heterocycles. The highest BCUT2D eigenvalue weighted by Crippen LogP contribution is 2.39. The normalized spacial score (nSPS) is 15.5. The first-order valence-corrected chi connectivity index (χ1v) is 10.7. The van der Waals surface area contributed by atoms with Crippen molar-refractivity contribution >= 4 is 17.7 Å². The predicted octanol–water partition coefficient (Wildman–Crippen LogP) is 5.79. The maximum Gasteiger partial charge on any atom is 0.411 e. The molecule has 0 spiro atoms. The summed E-state index contributed by atoms with van der Waals surface area (Å²) in [5, 5.41) is 5.64. The molecule has 2 aromatic heterocycles. The molecule has 0 saturated carbocycles. The third-order valence-electron chi connectivity index (χ3n) is 5.33. The van der Waals surface area contributed by atoms with Crippen LogP contribution in [0, 0.1) is 0 Å². The second-order valence-electron chi connectivity index (χ2n) is 9.45. The quantitative estimate of drug-likeness (QED) is 0.507. The Morgan fingerprint density at radius 2 is 1.71 bits per heavy atom. The summed E-state index contributed by atoms with van der Waals surface area (Å²) in [5.74, 6) is 0. The van der Waals surface area contributed by atoms with E-state index in [1.165, 1.54) is 0 Å². The van der Waals surface area contributed by atoms with E-state index >= 15 is 0 Å². The van der Waals surface area contributed by atoms with Gasteiger partial charge in [0.05, 0.1) is 24.3 Å². The van der Waals surface area contributed by atoms with Crippen molar-refractivity contribution in [2.45, 2.75) is 58.8 Å². The number of rotatable bonds is 2. The average molecular weight is 439 g/mol. The van der Waals surface area contributed by atoms with Crippen LogP contribution < -0.4 is 0 Å². The molecule has 162 valence electrons. The van der Waals surface area contributed by atoms with Crippen LogP contribution in [0.15, 0.2) is 48.8 Å². The minimum absolute atomic E-state index is 0.321. The van der Waals surface area contributed by atoms with Gasteiger partial charge < -0.3 is 4.74 Å². The summed E-state index contributed by atoms with van der Waals surface area (Å²) in [6, 6.07) is 11.6. The van der Waals surface area contributed by atoms with Crippen LogP contribution in [0.4, 0.5) is 4.79 Å². The smallest absolute Gasteiger partial charge is 0.411 e. The zero-order valence-corrected chi connectivity index (χ0v) is 19.3. The van der Waals surface area contributed by atoms with Crippen LogP contribution in [0.5, 0.6) is 0 Å². The van der Waals surface area contributed by atoms with Crippen LogP contribution in [-0.4, -0.2) is 36.9 Å². The summed E-state index contributed by atoms with van der Waals surface area (Å²) >= 11 is 6.11. The van der Waals surface area contributed by atoms with Gasteiger partial charge in [-0.3, -0.25) is 14.6 Å². The van der Waals surface area contributed by atoms with Crippen molar-refractivity contribution in [1.82, 2.24) is 19.7 Å². The molecule has 0 atom stereocenters. The van der Waals surface area contributed by atoms with Crippen LogP contribution in [-0.2, 0) is 17.8 Å². The number of hydrogen-bond acceptors (Lipinski definition) is 4. The third-order valence-corrected chi connectivity index (χ3v) is 5.59. The number of ether oxygens (including phenoxy) is 1. The fourth-order valence-electron chi connectivity index (χ4n) is 3.86. The number of carbonyl (C=O) groups is 1. The van der Waals surface area contributed by atoms with Gasteiger partial charge in [0.15, 0.2) is 0 Å². The summed E-state index contributed by atoms with van der Waals surface area (Å²) < 4.78 is 7.73. The first-order valence-electron chi connectivity index (χ1n) is 10.3. The molecular weight excluding hydrogens is 412 g/mol. The topological polar surface area (TPSA) is 60.2 Å². The number of aromatic nitrogens is 3. The van der Waals surface area contributed by atoms with Crippen molar-refractivity contribution in [2.24, 2.45) is 0 Å². The molecule has 0 fully saturated rings. The average Bonchev–Trinajstić information content (AvgIpc) is 3.04. The standard InChI is InChI=1S/C24H27ClN4O2/c1-23(2,3)31-22(30)28-14-19-20(16-10-12-26-13-11-16)21(17-6-8-18(25)9-7-17)27-29(19)15-24(28,4)5/h6-13H,14-15H2,1-5H3. The molecule has 0 bridgehead atoms.